The third kappa shape index (κ3) is 2.40. The summed E-state index contributed by atoms with van der Waals surface area (Å²) in [4.78, 5) is 27.6. The highest BCUT2D eigenvalue weighted by Gasteiger charge is 2.28. The Bertz CT molecular complexity index is 477. The maximum absolute atomic E-state index is 11.3. The molecule has 18 heavy (non-hydrogen) atoms. The van der Waals surface area contributed by atoms with Gasteiger partial charge >= 0.3 is 5.97 Å². The van der Waals surface area contributed by atoms with E-state index in [4.69, 9.17) is 15.6 Å². The molecule has 96 valence electrons. The number of nitrogens with two attached hydrogens (primary N) is 1. The van der Waals surface area contributed by atoms with Crippen LogP contribution in [0.5, 0.6) is 0 Å². The fraction of sp³-hybridized carbons (Fsp3) is 0.364. The first-order valence-electron chi connectivity index (χ1n) is 5.42. The molecule has 2 heterocycles. The smallest absolute Gasteiger partial charge is 0.354 e. The molecular formula is C11H13N3O4. The van der Waals surface area contributed by atoms with Crippen LogP contribution in [0.25, 0.3) is 0 Å². The molecule has 1 unspecified atom stereocenters. The molecule has 1 saturated heterocycles. The number of hydrogen-bond acceptors (Lipinski definition) is 5. The number of primary amides is 1. The van der Waals surface area contributed by atoms with Crippen molar-refractivity contribution in [1.82, 2.24) is 4.98 Å². The summed E-state index contributed by atoms with van der Waals surface area (Å²) >= 11 is 0. The van der Waals surface area contributed by atoms with Crippen molar-refractivity contribution in [2.45, 2.75) is 6.04 Å². The number of amides is 1. The van der Waals surface area contributed by atoms with Gasteiger partial charge in [0.05, 0.1) is 13.2 Å². The van der Waals surface area contributed by atoms with Crippen molar-refractivity contribution in [3.63, 3.8) is 0 Å². The Morgan fingerprint density at radius 1 is 1.56 bits per heavy atom. The minimum absolute atomic E-state index is 0.0674. The lowest BCUT2D eigenvalue weighted by atomic mass is 10.2. The molecule has 7 heteroatoms. The molecule has 2 rings (SSSR count). The van der Waals surface area contributed by atoms with Crippen molar-refractivity contribution >= 4 is 17.6 Å². The number of rotatable bonds is 3. The molecule has 1 aliphatic heterocycles. The Morgan fingerprint density at radius 2 is 2.33 bits per heavy atom. The van der Waals surface area contributed by atoms with Crippen LogP contribution in [0.15, 0.2) is 18.3 Å². The number of carboxylic acids is 1. The Morgan fingerprint density at radius 3 is 3.00 bits per heavy atom. The van der Waals surface area contributed by atoms with E-state index in [2.05, 4.69) is 4.98 Å². The number of aromatic carboxylic acids is 1. The second-order valence-electron chi connectivity index (χ2n) is 3.89. The normalized spacial score (nSPS) is 19.6. The van der Waals surface area contributed by atoms with Crippen LogP contribution in [0, 0.1) is 0 Å². The predicted molar refractivity (Wildman–Crippen MR) is 62.3 cm³/mol. The summed E-state index contributed by atoms with van der Waals surface area (Å²) in [6.07, 6.45) is 1.40. The predicted octanol–water partition coefficient (Wildman–Crippen LogP) is -0.530. The van der Waals surface area contributed by atoms with E-state index in [1.54, 1.807) is 11.0 Å². The third-order valence-corrected chi connectivity index (χ3v) is 2.75. The molecule has 0 spiro atoms. The molecule has 1 atom stereocenters. The molecule has 1 amide bonds. The molecule has 0 aromatic carbocycles. The average Bonchev–Trinajstić information content (AvgIpc) is 2.39. The zero-order valence-corrected chi connectivity index (χ0v) is 9.57. The first kappa shape index (κ1) is 12.3. The molecular weight excluding hydrogens is 238 g/mol. The second-order valence-corrected chi connectivity index (χ2v) is 3.89. The summed E-state index contributed by atoms with van der Waals surface area (Å²) in [6, 6.07) is 2.49. The van der Waals surface area contributed by atoms with E-state index in [0.717, 1.165) is 0 Å². The van der Waals surface area contributed by atoms with Gasteiger partial charge in [-0.05, 0) is 12.1 Å². The zero-order valence-electron chi connectivity index (χ0n) is 9.57. The average molecular weight is 251 g/mol. The van der Waals surface area contributed by atoms with Crippen molar-refractivity contribution in [3.05, 3.63) is 24.0 Å². The van der Waals surface area contributed by atoms with Crippen LogP contribution < -0.4 is 10.6 Å². The van der Waals surface area contributed by atoms with Gasteiger partial charge in [-0.2, -0.15) is 0 Å². The zero-order chi connectivity index (χ0) is 13.1. The van der Waals surface area contributed by atoms with Crippen LogP contribution in [0.4, 0.5) is 5.69 Å². The fourth-order valence-corrected chi connectivity index (χ4v) is 1.86. The van der Waals surface area contributed by atoms with Crippen LogP contribution in [0.1, 0.15) is 10.5 Å². The molecule has 3 N–H and O–H groups in total. The highest BCUT2D eigenvalue weighted by molar-refractivity contribution is 5.88. The van der Waals surface area contributed by atoms with Gasteiger partial charge < -0.3 is 20.5 Å². The number of carbonyl (C=O) groups excluding carboxylic acids is 1. The van der Waals surface area contributed by atoms with Gasteiger partial charge in [0.1, 0.15) is 11.7 Å². The van der Waals surface area contributed by atoms with Crippen LogP contribution in [0.2, 0.25) is 0 Å². The number of pyridine rings is 1. The summed E-state index contributed by atoms with van der Waals surface area (Å²) in [7, 11) is 0. The van der Waals surface area contributed by atoms with Gasteiger partial charge in [-0.25, -0.2) is 9.78 Å². The van der Waals surface area contributed by atoms with E-state index in [-0.39, 0.29) is 12.3 Å². The first-order valence-corrected chi connectivity index (χ1v) is 5.42. The van der Waals surface area contributed by atoms with E-state index in [9.17, 15) is 9.59 Å². The molecule has 1 aromatic rings. The Hall–Kier alpha value is -2.15. The molecule has 1 aromatic heterocycles. The van der Waals surface area contributed by atoms with Gasteiger partial charge in [-0.3, -0.25) is 4.79 Å². The molecule has 0 aliphatic carbocycles. The number of ether oxygens (including phenoxy) is 1. The van der Waals surface area contributed by atoms with Crippen LogP contribution in [0.3, 0.4) is 0 Å². The summed E-state index contributed by atoms with van der Waals surface area (Å²) in [5.74, 6) is -1.61. The molecule has 0 bridgehead atoms. The van der Waals surface area contributed by atoms with Gasteiger partial charge in [0.2, 0.25) is 5.91 Å². The van der Waals surface area contributed by atoms with Crippen LogP contribution in [-0.2, 0) is 9.53 Å². The number of carbonyl (C=O) groups is 2. The van der Waals surface area contributed by atoms with Crippen LogP contribution >= 0.6 is 0 Å². The summed E-state index contributed by atoms with van der Waals surface area (Å²) in [5.41, 5.74) is 5.84. The van der Waals surface area contributed by atoms with Gasteiger partial charge in [0.15, 0.2) is 0 Å². The van der Waals surface area contributed by atoms with E-state index < -0.39 is 17.9 Å². The quantitative estimate of drug-likeness (QED) is 0.748. The summed E-state index contributed by atoms with van der Waals surface area (Å²) in [6.45, 7) is 1.16. The number of nitrogens with zero attached hydrogens (tertiary/aromatic N) is 2. The SMILES string of the molecule is NC(=O)C1COCCN1c1ccnc(C(=O)O)c1. The van der Waals surface area contributed by atoms with Gasteiger partial charge in [-0.1, -0.05) is 0 Å². The summed E-state index contributed by atoms with van der Waals surface area (Å²) < 4.78 is 5.20. The molecule has 7 nitrogen and oxygen atoms in total. The monoisotopic (exact) mass is 251 g/mol. The Kier molecular flexibility index (Phi) is 3.42. The second kappa shape index (κ2) is 5.01. The van der Waals surface area contributed by atoms with Gasteiger partial charge in [0, 0.05) is 18.4 Å². The summed E-state index contributed by atoms with van der Waals surface area (Å²) in [5, 5.41) is 8.89. The van der Waals surface area contributed by atoms with Crippen molar-refractivity contribution in [2.24, 2.45) is 5.73 Å². The fourth-order valence-electron chi connectivity index (χ4n) is 1.86. The topological polar surface area (TPSA) is 106 Å². The number of anilines is 1. The Balaban J connectivity index is 2.30. The highest BCUT2D eigenvalue weighted by Crippen LogP contribution is 2.20. The number of aromatic nitrogens is 1. The van der Waals surface area contributed by atoms with Crippen LogP contribution in [-0.4, -0.2) is 47.8 Å². The Labute approximate surface area is 103 Å². The maximum Gasteiger partial charge on any atom is 0.354 e. The molecule has 0 radical (unpaired) electrons. The molecule has 1 aliphatic rings. The number of hydrogen-bond donors (Lipinski definition) is 2. The largest absolute Gasteiger partial charge is 0.477 e. The lowest BCUT2D eigenvalue weighted by Crippen LogP contribution is -2.52. The van der Waals surface area contributed by atoms with Crippen molar-refractivity contribution in [2.75, 3.05) is 24.7 Å². The van der Waals surface area contributed by atoms with E-state index in [1.807, 2.05) is 0 Å². The standard InChI is InChI=1S/C11H13N3O4/c12-10(15)9-6-18-4-3-14(9)7-1-2-13-8(5-7)11(16)17/h1-2,5,9H,3-4,6H2,(H2,12,15)(H,16,17). The lowest BCUT2D eigenvalue weighted by Gasteiger charge is -2.35. The van der Waals surface area contributed by atoms with E-state index in [1.165, 1.54) is 12.3 Å². The van der Waals surface area contributed by atoms with Gasteiger partial charge in [0.25, 0.3) is 0 Å². The maximum atomic E-state index is 11.3. The number of morpholine rings is 1. The lowest BCUT2D eigenvalue weighted by molar-refractivity contribution is -0.121. The minimum atomic E-state index is -1.11. The molecule has 1 fully saturated rings. The van der Waals surface area contributed by atoms with E-state index >= 15 is 0 Å². The van der Waals surface area contributed by atoms with Crippen molar-refractivity contribution in [3.8, 4) is 0 Å². The van der Waals surface area contributed by atoms with Crippen molar-refractivity contribution in [1.29, 1.82) is 0 Å². The molecule has 0 saturated carbocycles. The highest BCUT2D eigenvalue weighted by atomic mass is 16.5. The first-order chi connectivity index (χ1) is 8.59. The van der Waals surface area contributed by atoms with Crippen molar-refractivity contribution < 1.29 is 19.4 Å². The van der Waals surface area contributed by atoms with E-state index in [0.29, 0.717) is 18.8 Å². The third-order valence-electron chi connectivity index (χ3n) is 2.75. The number of carboxylic acid groups (broad SMARTS) is 1. The minimum Gasteiger partial charge on any atom is -0.477 e. The van der Waals surface area contributed by atoms with Gasteiger partial charge in [-0.15, -0.1) is 0 Å².